The molecule has 0 bridgehead atoms. The van der Waals surface area contributed by atoms with E-state index in [1.807, 2.05) is 0 Å². The maximum Gasteiger partial charge on any atom is 0.205 e. The summed E-state index contributed by atoms with van der Waals surface area (Å²) in [7, 11) is 4.11. The first-order chi connectivity index (χ1) is 8.95. The van der Waals surface area contributed by atoms with E-state index in [-0.39, 0.29) is 0 Å². The molecule has 0 amide bonds. The van der Waals surface area contributed by atoms with Crippen LogP contribution < -0.4 is 4.90 Å². The van der Waals surface area contributed by atoms with Gasteiger partial charge in [-0.25, -0.2) is 4.98 Å². The first-order valence-corrected chi connectivity index (χ1v) is 7.87. The number of aryl methyl sites for hydroxylation is 1. The van der Waals surface area contributed by atoms with Crippen molar-refractivity contribution in [2.24, 2.45) is 13.0 Å². The van der Waals surface area contributed by atoms with Gasteiger partial charge in [-0.2, -0.15) is 4.37 Å². The molecular weight excluding hydrogens is 324 g/mol. The highest BCUT2D eigenvalue weighted by Gasteiger charge is 2.12. The summed E-state index contributed by atoms with van der Waals surface area (Å²) in [6.45, 7) is 5.20. The molecule has 104 valence electrons. The standard InChI is InChI=1S/C13H19BrN4S/c1-9(2)5-12-15-13(19-16-12)18(4)8-11-6-10(14)7-17(11)3/h6-7,9H,5,8H2,1-4H3. The molecule has 0 radical (unpaired) electrons. The summed E-state index contributed by atoms with van der Waals surface area (Å²) in [4.78, 5) is 6.74. The van der Waals surface area contributed by atoms with Crippen LogP contribution in [-0.2, 0) is 20.0 Å². The average molecular weight is 343 g/mol. The Bertz CT molecular complexity index is 547. The van der Waals surface area contributed by atoms with Gasteiger partial charge in [-0.15, -0.1) is 0 Å². The Kier molecular flexibility index (Phi) is 4.62. The van der Waals surface area contributed by atoms with Crippen LogP contribution in [0.2, 0.25) is 0 Å². The Morgan fingerprint density at radius 2 is 2.21 bits per heavy atom. The minimum atomic E-state index is 0.594. The minimum absolute atomic E-state index is 0.594. The number of aromatic nitrogens is 3. The van der Waals surface area contributed by atoms with Crippen LogP contribution >= 0.6 is 27.5 Å². The molecular formula is C13H19BrN4S. The molecule has 0 N–H and O–H groups in total. The van der Waals surface area contributed by atoms with Crippen LogP contribution in [0.3, 0.4) is 0 Å². The predicted octanol–water partition coefficient (Wildman–Crippen LogP) is 3.47. The summed E-state index contributed by atoms with van der Waals surface area (Å²) in [5.41, 5.74) is 1.25. The van der Waals surface area contributed by atoms with Crippen molar-refractivity contribution in [2.45, 2.75) is 26.8 Å². The van der Waals surface area contributed by atoms with Gasteiger partial charge >= 0.3 is 0 Å². The molecule has 0 saturated carbocycles. The van der Waals surface area contributed by atoms with Gasteiger partial charge in [0.25, 0.3) is 0 Å². The summed E-state index contributed by atoms with van der Waals surface area (Å²) in [5, 5.41) is 0.980. The largest absolute Gasteiger partial charge is 0.352 e. The van der Waals surface area contributed by atoms with Gasteiger partial charge < -0.3 is 9.47 Å². The molecule has 2 heterocycles. The van der Waals surface area contributed by atoms with E-state index in [1.54, 1.807) is 0 Å². The van der Waals surface area contributed by atoms with Crippen molar-refractivity contribution >= 4 is 32.6 Å². The molecule has 2 aromatic heterocycles. The van der Waals surface area contributed by atoms with Crippen LogP contribution in [0.15, 0.2) is 16.7 Å². The van der Waals surface area contributed by atoms with Gasteiger partial charge in [-0.1, -0.05) is 13.8 Å². The van der Waals surface area contributed by atoms with Crippen molar-refractivity contribution in [3.8, 4) is 0 Å². The molecule has 0 unspecified atom stereocenters. The van der Waals surface area contributed by atoms with E-state index in [4.69, 9.17) is 0 Å². The van der Waals surface area contributed by atoms with E-state index in [0.29, 0.717) is 5.92 Å². The van der Waals surface area contributed by atoms with E-state index < -0.39 is 0 Å². The van der Waals surface area contributed by atoms with Gasteiger partial charge in [0, 0.05) is 48.4 Å². The first kappa shape index (κ1) is 14.5. The fourth-order valence-electron chi connectivity index (χ4n) is 1.88. The van der Waals surface area contributed by atoms with Crippen molar-refractivity contribution < 1.29 is 0 Å². The molecule has 0 atom stereocenters. The van der Waals surface area contributed by atoms with E-state index in [0.717, 1.165) is 28.4 Å². The van der Waals surface area contributed by atoms with Crippen molar-refractivity contribution in [3.05, 3.63) is 28.3 Å². The van der Waals surface area contributed by atoms with Crippen molar-refractivity contribution in [1.82, 2.24) is 13.9 Å². The molecule has 0 saturated heterocycles. The minimum Gasteiger partial charge on any atom is -0.352 e. The smallest absolute Gasteiger partial charge is 0.205 e. The van der Waals surface area contributed by atoms with E-state index in [9.17, 15) is 0 Å². The maximum atomic E-state index is 4.60. The van der Waals surface area contributed by atoms with Crippen LogP contribution in [0.5, 0.6) is 0 Å². The Hall–Kier alpha value is -0.880. The van der Waals surface area contributed by atoms with E-state index in [2.05, 4.69) is 75.0 Å². The Morgan fingerprint density at radius 1 is 1.47 bits per heavy atom. The van der Waals surface area contributed by atoms with Crippen molar-refractivity contribution in [3.63, 3.8) is 0 Å². The lowest BCUT2D eigenvalue weighted by Crippen LogP contribution is -2.18. The third kappa shape index (κ3) is 3.79. The number of hydrogen-bond acceptors (Lipinski definition) is 4. The van der Waals surface area contributed by atoms with Crippen LogP contribution in [-0.4, -0.2) is 21.0 Å². The fraction of sp³-hybridized carbons (Fsp3) is 0.538. The van der Waals surface area contributed by atoms with E-state index >= 15 is 0 Å². The third-order valence-corrected chi connectivity index (χ3v) is 4.15. The SMILES string of the molecule is CC(C)Cc1nsc(N(C)Cc2cc(Br)cn2C)n1. The molecule has 2 aromatic rings. The molecule has 19 heavy (non-hydrogen) atoms. The second kappa shape index (κ2) is 6.05. The molecule has 0 aliphatic heterocycles. The number of anilines is 1. The second-order valence-corrected chi connectivity index (χ2v) is 6.85. The lowest BCUT2D eigenvalue weighted by Gasteiger charge is -2.15. The maximum absolute atomic E-state index is 4.60. The average Bonchev–Trinajstić information content (AvgIpc) is 2.86. The zero-order valence-corrected chi connectivity index (χ0v) is 14.1. The zero-order chi connectivity index (χ0) is 14.0. The molecule has 0 fully saturated rings. The van der Waals surface area contributed by atoms with Gasteiger partial charge in [-0.3, -0.25) is 0 Å². The van der Waals surface area contributed by atoms with Gasteiger partial charge in [-0.05, 0) is 27.9 Å². The zero-order valence-electron chi connectivity index (χ0n) is 11.7. The first-order valence-electron chi connectivity index (χ1n) is 6.30. The van der Waals surface area contributed by atoms with Crippen LogP contribution in [0.4, 0.5) is 5.13 Å². The number of rotatable bonds is 5. The van der Waals surface area contributed by atoms with Crippen LogP contribution in [0.1, 0.15) is 25.4 Å². The lowest BCUT2D eigenvalue weighted by molar-refractivity contribution is 0.626. The summed E-state index contributed by atoms with van der Waals surface area (Å²) in [6, 6.07) is 2.13. The number of hydrogen-bond donors (Lipinski definition) is 0. The van der Waals surface area contributed by atoms with E-state index in [1.165, 1.54) is 17.2 Å². The molecule has 0 aliphatic carbocycles. The summed E-state index contributed by atoms with van der Waals surface area (Å²) in [5.74, 6) is 1.55. The molecule has 0 aliphatic rings. The van der Waals surface area contributed by atoms with Gasteiger partial charge in [0.2, 0.25) is 5.13 Å². The predicted molar refractivity (Wildman–Crippen MR) is 83.7 cm³/mol. The fourth-order valence-corrected chi connectivity index (χ4v) is 3.11. The highest BCUT2D eigenvalue weighted by atomic mass is 79.9. The normalized spacial score (nSPS) is 11.3. The van der Waals surface area contributed by atoms with Gasteiger partial charge in [0.15, 0.2) is 0 Å². The lowest BCUT2D eigenvalue weighted by atomic mass is 10.1. The summed E-state index contributed by atoms with van der Waals surface area (Å²) >= 11 is 4.97. The number of halogens is 1. The molecule has 6 heteroatoms. The van der Waals surface area contributed by atoms with Crippen LogP contribution in [0, 0.1) is 5.92 Å². The highest BCUT2D eigenvalue weighted by Crippen LogP contribution is 2.21. The Balaban J connectivity index is 2.05. The molecule has 4 nitrogen and oxygen atoms in total. The van der Waals surface area contributed by atoms with Gasteiger partial charge in [0.05, 0.1) is 6.54 Å². The quantitative estimate of drug-likeness (QED) is 0.834. The van der Waals surface area contributed by atoms with Gasteiger partial charge in [0.1, 0.15) is 5.82 Å². The van der Waals surface area contributed by atoms with Crippen molar-refractivity contribution in [1.29, 1.82) is 0 Å². The molecule has 2 rings (SSSR count). The van der Waals surface area contributed by atoms with Crippen LogP contribution in [0.25, 0.3) is 0 Å². The monoisotopic (exact) mass is 342 g/mol. The molecule has 0 spiro atoms. The number of nitrogens with zero attached hydrogens (tertiary/aromatic N) is 4. The highest BCUT2D eigenvalue weighted by molar-refractivity contribution is 9.10. The Labute approximate surface area is 126 Å². The summed E-state index contributed by atoms with van der Waals surface area (Å²) < 4.78 is 7.65. The molecule has 0 aromatic carbocycles. The topological polar surface area (TPSA) is 34.0 Å². The van der Waals surface area contributed by atoms with Crippen molar-refractivity contribution in [2.75, 3.05) is 11.9 Å². The Morgan fingerprint density at radius 3 is 2.79 bits per heavy atom. The third-order valence-electron chi connectivity index (χ3n) is 2.85. The summed E-state index contributed by atoms with van der Waals surface area (Å²) in [6.07, 6.45) is 3.01. The second-order valence-electron chi connectivity index (χ2n) is 5.21.